The summed E-state index contributed by atoms with van der Waals surface area (Å²) in [5, 5.41) is 0.0657. The fourth-order valence-corrected chi connectivity index (χ4v) is 2.58. The van der Waals surface area contributed by atoms with Gasteiger partial charge in [-0.3, -0.25) is 0 Å². The van der Waals surface area contributed by atoms with E-state index in [1.165, 1.54) is 19.2 Å². The second kappa shape index (κ2) is 7.37. The van der Waals surface area contributed by atoms with Gasteiger partial charge in [-0.25, -0.2) is 21.9 Å². The number of nitrogens with one attached hydrogen (secondary N) is 1. The monoisotopic (exact) mass is 350 g/mol. The predicted octanol–water partition coefficient (Wildman–Crippen LogP) is 1.64. The van der Waals surface area contributed by atoms with Crippen LogP contribution in [-0.4, -0.2) is 34.5 Å². The molecule has 5 nitrogen and oxygen atoms in total. The lowest BCUT2D eigenvalue weighted by Crippen LogP contribution is -2.41. The molecule has 0 aliphatic heterocycles. The van der Waals surface area contributed by atoms with Crippen LogP contribution in [0.2, 0.25) is 5.02 Å². The molecule has 0 bridgehead atoms. The first kappa shape index (κ1) is 19.3. The summed E-state index contributed by atoms with van der Waals surface area (Å²) in [6, 6.07) is 3.65. The highest BCUT2D eigenvalue weighted by Gasteiger charge is 2.29. The first-order valence-electron chi connectivity index (χ1n) is 5.13. The molecule has 0 atom stereocenters. The highest BCUT2D eigenvalue weighted by atomic mass is 35.5. The molecule has 20 heavy (non-hydrogen) atoms. The number of rotatable bonds is 6. The topological polar surface area (TPSA) is 81.4 Å². The number of halogens is 4. The minimum atomic E-state index is -4.08. The summed E-state index contributed by atoms with van der Waals surface area (Å²) in [6.07, 6.45) is 0. The van der Waals surface area contributed by atoms with E-state index < -0.39 is 29.0 Å². The van der Waals surface area contributed by atoms with Crippen LogP contribution in [0.4, 0.5) is 8.78 Å². The van der Waals surface area contributed by atoms with Gasteiger partial charge in [-0.05, 0) is 18.2 Å². The van der Waals surface area contributed by atoms with Gasteiger partial charge in [0.15, 0.2) is 0 Å². The third kappa shape index (κ3) is 5.02. The van der Waals surface area contributed by atoms with Crippen molar-refractivity contribution in [2.24, 2.45) is 5.73 Å². The Labute approximate surface area is 126 Å². The van der Waals surface area contributed by atoms with E-state index in [9.17, 15) is 17.2 Å². The molecule has 10 heteroatoms. The van der Waals surface area contributed by atoms with Gasteiger partial charge in [0.2, 0.25) is 10.0 Å². The predicted molar refractivity (Wildman–Crippen MR) is 74.4 cm³/mol. The van der Waals surface area contributed by atoms with Crippen LogP contribution < -0.4 is 15.2 Å². The molecule has 1 aromatic carbocycles. The Bertz CT molecular complexity index is 555. The second-order valence-electron chi connectivity index (χ2n) is 3.68. The molecule has 3 N–H and O–H groups in total. The SMILES string of the molecule is COc1ccc(S(=O)(=O)NCC(F)(F)CN)cc1Cl.Cl. The minimum absolute atomic E-state index is 0. The maximum absolute atomic E-state index is 12.9. The Balaban J connectivity index is 0.00000361. The summed E-state index contributed by atoms with van der Waals surface area (Å²) in [4.78, 5) is -0.230. The van der Waals surface area contributed by atoms with Gasteiger partial charge in [0.05, 0.1) is 30.1 Å². The summed E-state index contributed by atoms with van der Waals surface area (Å²) in [6.45, 7) is -2.02. The van der Waals surface area contributed by atoms with Crippen molar-refractivity contribution >= 4 is 34.0 Å². The van der Waals surface area contributed by atoms with Crippen molar-refractivity contribution in [1.29, 1.82) is 0 Å². The van der Waals surface area contributed by atoms with Crippen molar-refractivity contribution in [2.75, 3.05) is 20.2 Å². The Morgan fingerprint density at radius 2 is 2.05 bits per heavy atom. The first-order valence-corrected chi connectivity index (χ1v) is 6.99. The number of benzene rings is 1. The lowest BCUT2D eigenvalue weighted by Gasteiger charge is -2.15. The van der Waals surface area contributed by atoms with Crippen molar-refractivity contribution in [3.8, 4) is 5.75 Å². The molecule has 0 radical (unpaired) electrons. The maximum atomic E-state index is 12.9. The van der Waals surface area contributed by atoms with Crippen LogP contribution in [0.15, 0.2) is 23.1 Å². The number of methoxy groups -OCH3 is 1. The zero-order valence-electron chi connectivity index (χ0n) is 10.4. The zero-order chi connectivity index (χ0) is 14.7. The first-order chi connectivity index (χ1) is 8.72. The number of sulfonamides is 1. The van der Waals surface area contributed by atoms with Gasteiger partial charge in [-0.15, -0.1) is 12.4 Å². The average molecular weight is 351 g/mol. The molecular formula is C10H14Cl2F2N2O3S. The molecule has 0 amide bonds. The van der Waals surface area contributed by atoms with E-state index in [2.05, 4.69) is 0 Å². The van der Waals surface area contributed by atoms with Crippen LogP contribution >= 0.6 is 24.0 Å². The van der Waals surface area contributed by atoms with Gasteiger partial charge >= 0.3 is 0 Å². The van der Waals surface area contributed by atoms with Crippen molar-refractivity contribution in [3.63, 3.8) is 0 Å². The van der Waals surface area contributed by atoms with Gasteiger partial charge in [0, 0.05) is 0 Å². The van der Waals surface area contributed by atoms with Crippen molar-refractivity contribution in [3.05, 3.63) is 23.2 Å². The lowest BCUT2D eigenvalue weighted by molar-refractivity contribution is 0.0170. The molecule has 0 aliphatic rings. The number of alkyl halides is 2. The molecule has 1 rings (SSSR count). The smallest absolute Gasteiger partial charge is 0.273 e. The summed E-state index contributed by atoms with van der Waals surface area (Å²) in [7, 11) is -2.71. The highest BCUT2D eigenvalue weighted by molar-refractivity contribution is 7.89. The minimum Gasteiger partial charge on any atom is -0.495 e. The average Bonchev–Trinajstić information content (AvgIpc) is 2.36. The van der Waals surface area contributed by atoms with Crippen LogP contribution in [0.3, 0.4) is 0 Å². The number of hydrogen-bond acceptors (Lipinski definition) is 4. The van der Waals surface area contributed by atoms with Crippen LogP contribution in [-0.2, 0) is 10.0 Å². The van der Waals surface area contributed by atoms with Crippen molar-refractivity contribution in [1.82, 2.24) is 4.72 Å². The lowest BCUT2D eigenvalue weighted by atomic mass is 10.3. The molecule has 0 fully saturated rings. The molecule has 0 heterocycles. The molecular weight excluding hydrogens is 337 g/mol. The van der Waals surface area contributed by atoms with Gasteiger partial charge in [-0.2, -0.15) is 0 Å². The molecule has 0 spiro atoms. The Morgan fingerprint density at radius 3 is 2.50 bits per heavy atom. The second-order valence-corrected chi connectivity index (χ2v) is 5.86. The molecule has 0 saturated carbocycles. The van der Waals surface area contributed by atoms with E-state index in [0.29, 0.717) is 0 Å². The quantitative estimate of drug-likeness (QED) is 0.817. The fourth-order valence-electron chi connectivity index (χ4n) is 1.17. The highest BCUT2D eigenvalue weighted by Crippen LogP contribution is 2.26. The molecule has 0 saturated heterocycles. The Morgan fingerprint density at radius 1 is 1.45 bits per heavy atom. The summed E-state index contributed by atoms with van der Waals surface area (Å²) in [5.74, 6) is -3.02. The standard InChI is InChI=1S/C10H13ClF2N2O3S.ClH/c1-18-9-3-2-7(4-8(9)11)19(16,17)15-6-10(12,13)5-14;/h2-4,15H,5-6,14H2,1H3;1H. The fraction of sp³-hybridized carbons (Fsp3) is 0.400. The Kier molecular flexibility index (Phi) is 7.12. The van der Waals surface area contributed by atoms with Crippen molar-refractivity contribution in [2.45, 2.75) is 10.8 Å². The van der Waals surface area contributed by atoms with E-state index in [1.807, 2.05) is 0 Å². The Hall–Kier alpha value is -0.670. The summed E-state index contributed by atoms with van der Waals surface area (Å²) < 4.78 is 56.0. The van der Waals surface area contributed by atoms with Crippen LogP contribution in [0, 0.1) is 0 Å². The van der Waals surface area contributed by atoms with Crippen molar-refractivity contribution < 1.29 is 21.9 Å². The van der Waals surface area contributed by atoms with Gasteiger partial charge < -0.3 is 10.5 Å². The van der Waals surface area contributed by atoms with Crippen LogP contribution in [0.1, 0.15) is 0 Å². The van der Waals surface area contributed by atoms with E-state index in [4.69, 9.17) is 22.1 Å². The zero-order valence-corrected chi connectivity index (χ0v) is 12.8. The number of nitrogens with two attached hydrogens (primary N) is 1. The molecule has 0 aromatic heterocycles. The third-order valence-electron chi connectivity index (χ3n) is 2.25. The molecule has 1 aromatic rings. The summed E-state index contributed by atoms with van der Waals surface area (Å²) in [5.41, 5.74) is 4.81. The number of ether oxygens (including phenoxy) is 1. The molecule has 0 aliphatic carbocycles. The number of hydrogen-bond donors (Lipinski definition) is 2. The molecule has 0 unspecified atom stereocenters. The normalized spacial score (nSPS) is 11.8. The largest absolute Gasteiger partial charge is 0.495 e. The van der Waals surface area contributed by atoms with E-state index in [0.717, 1.165) is 6.07 Å². The van der Waals surface area contributed by atoms with E-state index >= 15 is 0 Å². The maximum Gasteiger partial charge on any atom is 0.273 e. The van der Waals surface area contributed by atoms with Gasteiger partial charge in [0.25, 0.3) is 5.92 Å². The van der Waals surface area contributed by atoms with Crippen LogP contribution in [0.25, 0.3) is 0 Å². The van der Waals surface area contributed by atoms with E-state index in [1.54, 1.807) is 4.72 Å². The van der Waals surface area contributed by atoms with Gasteiger partial charge in [-0.1, -0.05) is 11.6 Å². The third-order valence-corrected chi connectivity index (χ3v) is 3.95. The van der Waals surface area contributed by atoms with Gasteiger partial charge in [0.1, 0.15) is 5.75 Å². The molecule has 116 valence electrons. The summed E-state index contributed by atoms with van der Waals surface area (Å²) >= 11 is 5.77. The van der Waals surface area contributed by atoms with E-state index in [-0.39, 0.29) is 28.1 Å². The van der Waals surface area contributed by atoms with Crippen LogP contribution in [0.5, 0.6) is 5.75 Å².